The predicted octanol–water partition coefficient (Wildman–Crippen LogP) is 3.60. The topological polar surface area (TPSA) is 51.2 Å². The molecule has 3 rings (SSSR count). The van der Waals surface area contributed by atoms with E-state index in [-0.39, 0.29) is 11.7 Å². The second kappa shape index (κ2) is 7.21. The van der Waals surface area contributed by atoms with E-state index in [0.717, 1.165) is 17.7 Å². The van der Waals surface area contributed by atoms with Gasteiger partial charge in [0.25, 0.3) is 0 Å². The summed E-state index contributed by atoms with van der Waals surface area (Å²) in [5.41, 5.74) is 0.935. The van der Waals surface area contributed by atoms with Gasteiger partial charge < -0.3 is 10.1 Å². The smallest absolute Gasteiger partial charge is 0.230 e. The van der Waals surface area contributed by atoms with Crippen LogP contribution in [0.15, 0.2) is 42.6 Å². The monoisotopic (exact) mass is 342 g/mol. The largest absolute Gasteiger partial charge is 0.477 e. The van der Waals surface area contributed by atoms with Gasteiger partial charge in [0, 0.05) is 18.8 Å². The van der Waals surface area contributed by atoms with Crippen LogP contribution in [0.25, 0.3) is 0 Å². The highest BCUT2D eigenvalue weighted by Gasteiger charge is 2.29. The highest BCUT2D eigenvalue weighted by Crippen LogP contribution is 2.29. The average molecular weight is 342 g/mol. The Morgan fingerprint density at radius 2 is 1.96 bits per heavy atom. The van der Waals surface area contributed by atoms with Gasteiger partial charge in [0.05, 0.1) is 12.0 Å². The molecule has 0 atom stereocenters. The SMILES string of the molecule is CC(C)(C(=O)NCc1ccc(OCC2CC2)nc1)c1ccc(F)cc1. The number of pyridine rings is 1. The number of aromatic nitrogens is 1. The first-order valence-electron chi connectivity index (χ1n) is 8.57. The molecule has 1 amide bonds. The van der Waals surface area contributed by atoms with E-state index < -0.39 is 5.41 Å². The number of benzene rings is 1. The molecule has 1 N–H and O–H groups in total. The van der Waals surface area contributed by atoms with Crippen LogP contribution in [0, 0.1) is 11.7 Å². The molecule has 1 fully saturated rings. The van der Waals surface area contributed by atoms with Crippen molar-refractivity contribution in [3.63, 3.8) is 0 Å². The maximum Gasteiger partial charge on any atom is 0.230 e. The lowest BCUT2D eigenvalue weighted by Crippen LogP contribution is -2.39. The van der Waals surface area contributed by atoms with Crippen LogP contribution in [0.2, 0.25) is 0 Å². The molecule has 0 radical (unpaired) electrons. The molecule has 5 heteroatoms. The van der Waals surface area contributed by atoms with E-state index in [0.29, 0.717) is 18.3 Å². The van der Waals surface area contributed by atoms with Crippen molar-refractivity contribution in [3.05, 3.63) is 59.5 Å². The van der Waals surface area contributed by atoms with Crippen LogP contribution in [-0.4, -0.2) is 17.5 Å². The summed E-state index contributed by atoms with van der Waals surface area (Å²) in [5.74, 6) is 0.881. The van der Waals surface area contributed by atoms with Gasteiger partial charge in [-0.15, -0.1) is 0 Å². The van der Waals surface area contributed by atoms with Crippen LogP contribution < -0.4 is 10.1 Å². The quantitative estimate of drug-likeness (QED) is 0.836. The summed E-state index contributed by atoms with van der Waals surface area (Å²) in [6.45, 7) is 4.76. The van der Waals surface area contributed by atoms with Crippen molar-refractivity contribution in [1.29, 1.82) is 0 Å². The van der Waals surface area contributed by atoms with Gasteiger partial charge in [0.15, 0.2) is 0 Å². The van der Waals surface area contributed by atoms with Crippen molar-refractivity contribution in [3.8, 4) is 5.88 Å². The van der Waals surface area contributed by atoms with Crippen molar-refractivity contribution in [2.45, 2.75) is 38.6 Å². The Labute approximate surface area is 147 Å². The van der Waals surface area contributed by atoms with E-state index in [1.807, 2.05) is 26.0 Å². The first-order valence-corrected chi connectivity index (χ1v) is 8.57. The Bertz CT molecular complexity index is 722. The summed E-state index contributed by atoms with van der Waals surface area (Å²) in [5, 5.41) is 2.92. The molecular weight excluding hydrogens is 319 g/mol. The first-order chi connectivity index (χ1) is 11.9. The third-order valence-corrected chi connectivity index (χ3v) is 4.55. The molecule has 1 aromatic heterocycles. The molecule has 4 nitrogen and oxygen atoms in total. The van der Waals surface area contributed by atoms with Crippen molar-refractivity contribution < 1.29 is 13.9 Å². The predicted molar refractivity (Wildman–Crippen MR) is 93.7 cm³/mol. The van der Waals surface area contributed by atoms with Crippen molar-refractivity contribution >= 4 is 5.91 Å². The zero-order chi connectivity index (χ0) is 17.9. The summed E-state index contributed by atoms with van der Waals surface area (Å²) in [6, 6.07) is 9.75. The zero-order valence-corrected chi connectivity index (χ0v) is 14.6. The highest BCUT2D eigenvalue weighted by molar-refractivity contribution is 5.87. The molecule has 0 aliphatic heterocycles. The standard InChI is InChI=1S/C20H23FN2O2/c1-20(2,16-6-8-17(21)9-7-16)19(24)23-12-15-5-10-18(22-11-15)25-13-14-3-4-14/h5-11,14H,3-4,12-13H2,1-2H3,(H,23,24). The fraction of sp³-hybridized carbons (Fsp3) is 0.400. The molecule has 132 valence electrons. The molecule has 1 aromatic carbocycles. The van der Waals surface area contributed by atoms with Gasteiger partial charge in [0.2, 0.25) is 11.8 Å². The molecule has 25 heavy (non-hydrogen) atoms. The van der Waals surface area contributed by atoms with Gasteiger partial charge in [-0.1, -0.05) is 18.2 Å². The molecular formula is C20H23FN2O2. The number of hydrogen-bond donors (Lipinski definition) is 1. The van der Waals surface area contributed by atoms with E-state index in [4.69, 9.17) is 4.74 Å². The third-order valence-electron chi connectivity index (χ3n) is 4.55. The van der Waals surface area contributed by atoms with Gasteiger partial charge in [-0.3, -0.25) is 4.79 Å². The van der Waals surface area contributed by atoms with Gasteiger partial charge in [0.1, 0.15) is 5.82 Å². The van der Waals surface area contributed by atoms with Gasteiger partial charge >= 0.3 is 0 Å². The van der Waals surface area contributed by atoms with E-state index in [1.54, 1.807) is 18.3 Å². The molecule has 1 heterocycles. The lowest BCUT2D eigenvalue weighted by Gasteiger charge is -2.24. The van der Waals surface area contributed by atoms with Crippen LogP contribution in [0.4, 0.5) is 4.39 Å². The maximum atomic E-state index is 13.1. The molecule has 0 bridgehead atoms. The number of carbonyl (C=O) groups is 1. The molecule has 2 aromatic rings. The summed E-state index contributed by atoms with van der Waals surface area (Å²) < 4.78 is 18.7. The minimum atomic E-state index is -0.742. The fourth-order valence-corrected chi connectivity index (χ4v) is 2.49. The van der Waals surface area contributed by atoms with Crippen molar-refractivity contribution in [1.82, 2.24) is 10.3 Å². The number of rotatable bonds is 7. The average Bonchev–Trinajstić information content (AvgIpc) is 3.43. The number of halogens is 1. The third kappa shape index (κ3) is 4.56. The van der Waals surface area contributed by atoms with Crippen LogP contribution in [0.3, 0.4) is 0 Å². The lowest BCUT2D eigenvalue weighted by molar-refractivity contribution is -0.125. The summed E-state index contributed by atoms with van der Waals surface area (Å²) >= 11 is 0. The molecule has 1 aliphatic carbocycles. The van der Waals surface area contributed by atoms with Crippen molar-refractivity contribution in [2.24, 2.45) is 5.92 Å². The summed E-state index contributed by atoms with van der Waals surface area (Å²) in [4.78, 5) is 16.8. The van der Waals surface area contributed by atoms with Crippen molar-refractivity contribution in [2.75, 3.05) is 6.61 Å². The second-order valence-corrected chi connectivity index (χ2v) is 7.07. The minimum absolute atomic E-state index is 0.117. The van der Waals surface area contributed by atoms with E-state index >= 15 is 0 Å². The van der Waals surface area contributed by atoms with Crippen LogP contribution in [0.5, 0.6) is 5.88 Å². The van der Waals surface area contributed by atoms with Gasteiger partial charge in [-0.2, -0.15) is 0 Å². The summed E-state index contributed by atoms with van der Waals surface area (Å²) in [7, 11) is 0. The Balaban J connectivity index is 1.54. The fourth-order valence-electron chi connectivity index (χ4n) is 2.49. The van der Waals surface area contributed by atoms with Crippen LogP contribution in [-0.2, 0) is 16.8 Å². The Morgan fingerprint density at radius 3 is 2.56 bits per heavy atom. The zero-order valence-electron chi connectivity index (χ0n) is 14.6. The second-order valence-electron chi connectivity index (χ2n) is 7.07. The normalized spacial score (nSPS) is 14.2. The molecule has 1 saturated carbocycles. The van der Waals surface area contributed by atoms with E-state index in [9.17, 15) is 9.18 Å². The molecule has 0 spiro atoms. The number of nitrogens with zero attached hydrogens (tertiary/aromatic N) is 1. The number of hydrogen-bond acceptors (Lipinski definition) is 3. The Morgan fingerprint density at radius 1 is 1.24 bits per heavy atom. The van der Waals surface area contributed by atoms with E-state index in [2.05, 4.69) is 10.3 Å². The number of carbonyl (C=O) groups excluding carboxylic acids is 1. The minimum Gasteiger partial charge on any atom is -0.477 e. The molecule has 1 aliphatic rings. The molecule has 0 unspecified atom stereocenters. The Hall–Kier alpha value is -2.43. The number of ether oxygens (including phenoxy) is 1. The highest BCUT2D eigenvalue weighted by atomic mass is 19.1. The lowest BCUT2D eigenvalue weighted by atomic mass is 9.83. The van der Waals surface area contributed by atoms with Crippen LogP contribution in [0.1, 0.15) is 37.8 Å². The van der Waals surface area contributed by atoms with Crippen LogP contribution >= 0.6 is 0 Å². The van der Waals surface area contributed by atoms with Gasteiger partial charge in [-0.25, -0.2) is 9.37 Å². The molecule has 0 saturated heterocycles. The maximum absolute atomic E-state index is 13.1. The van der Waals surface area contributed by atoms with Gasteiger partial charge in [-0.05, 0) is 55.9 Å². The first kappa shape index (κ1) is 17.4. The number of amides is 1. The Kier molecular flexibility index (Phi) is 5.02. The summed E-state index contributed by atoms with van der Waals surface area (Å²) in [6.07, 6.45) is 4.20. The van der Waals surface area contributed by atoms with E-state index in [1.165, 1.54) is 25.0 Å². The number of nitrogens with one attached hydrogen (secondary N) is 1.